The molecule has 2 N–H and O–H groups in total. The van der Waals surface area contributed by atoms with Crippen molar-refractivity contribution in [2.45, 2.75) is 26.2 Å². The van der Waals surface area contributed by atoms with Crippen molar-refractivity contribution in [1.29, 1.82) is 0 Å². The predicted octanol–water partition coefficient (Wildman–Crippen LogP) is 4.78. The predicted molar refractivity (Wildman–Crippen MR) is 105 cm³/mol. The van der Waals surface area contributed by atoms with Crippen LogP contribution in [0.25, 0.3) is 6.08 Å². The number of urea groups is 1. The van der Waals surface area contributed by atoms with E-state index in [2.05, 4.69) is 34.6 Å². The van der Waals surface area contributed by atoms with E-state index in [1.165, 1.54) is 30.5 Å². The fourth-order valence-electron chi connectivity index (χ4n) is 2.97. The summed E-state index contributed by atoms with van der Waals surface area (Å²) in [5.74, 6) is 0. The number of hydrogen-bond donors (Lipinski definition) is 2. The number of nitrogens with one attached hydrogen (secondary N) is 2. The highest BCUT2D eigenvalue weighted by Gasteiger charge is 2.10. The normalized spacial score (nSPS) is 14.5. The lowest BCUT2D eigenvalue weighted by molar-refractivity contribution is 0.255. The van der Waals surface area contributed by atoms with E-state index in [0.717, 1.165) is 24.3 Å². The highest BCUT2D eigenvalue weighted by molar-refractivity contribution is 5.90. The fourth-order valence-corrected chi connectivity index (χ4v) is 2.97. The largest absolute Gasteiger partial charge is 0.372 e. The number of benzene rings is 2. The van der Waals surface area contributed by atoms with Crippen molar-refractivity contribution in [2.24, 2.45) is 0 Å². The first-order valence-electron chi connectivity index (χ1n) is 8.86. The number of hydrogen-bond acceptors (Lipinski definition) is 2. The van der Waals surface area contributed by atoms with Crippen LogP contribution in [0.2, 0.25) is 0 Å². The molecule has 0 bridgehead atoms. The van der Waals surface area contributed by atoms with Gasteiger partial charge in [-0.25, -0.2) is 4.79 Å². The van der Waals surface area contributed by atoms with Gasteiger partial charge >= 0.3 is 6.03 Å². The summed E-state index contributed by atoms with van der Waals surface area (Å²) in [6, 6.07) is 15.9. The number of aryl methyl sites for hydroxylation is 1. The molecule has 1 fully saturated rings. The first kappa shape index (κ1) is 17.1. The molecule has 1 aliphatic heterocycles. The van der Waals surface area contributed by atoms with E-state index in [1.54, 1.807) is 6.20 Å². The summed E-state index contributed by atoms with van der Waals surface area (Å²) < 4.78 is 0. The van der Waals surface area contributed by atoms with Crippen molar-refractivity contribution in [2.75, 3.05) is 23.3 Å². The van der Waals surface area contributed by atoms with Crippen LogP contribution < -0.4 is 15.5 Å². The number of piperidine rings is 1. The molecule has 0 unspecified atom stereocenters. The molecule has 1 aliphatic rings. The van der Waals surface area contributed by atoms with Crippen LogP contribution >= 0.6 is 0 Å². The smallest absolute Gasteiger partial charge is 0.323 e. The molecular weight excluding hydrogens is 310 g/mol. The Morgan fingerprint density at radius 3 is 2.32 bits per heavy atom. The standard InChI is InChI=1S/C21H25N3O/c1-17-5-7-18(8-6-17)13-14-22-21(25)23-19-9-11-20(12-10-19)24-15-3-2-4-16-24/h5-14H,2-4,15-16H2,1H3,(H2,22,23,25)/b14-13+. The molecule has 4 heteroatoms. The molecule has 2 aromatic carbocycles. The molecule has 4 nitrogen and oxygen atoms in total. The number of anilines is 2. The van der Waals surface area contributed by atoms with Gasteiger partial charge in [-0.2, -0.15) is 0 Å². The Hall–Kier alpha value is -2.75. The first-order chi connectivity index (χ1) is 12.2. The van der Waals surface area contributed by atoms with Crippen LogP contribution in [0.4, 0.5) is 16.2 Å². The van der Waals surface area contributed by atoms with Crippen LogP contribution in [-0.4, -0.2) is 19.1 Å². The molecular formula is C21H25N3O. The minimum Gasteiger partial charge on any atom is -0.372 e. The number of carbonyl (C=O) groups is 1. The van der Waals surface area contributed by atoms with Crippen LogP contribution in [0, 0.1) is 6.92 Å². The second kappa shape index (κ2) is 8.38. The molecule has 2 aromatic rings. The van der Waals surface area contributed by atoms with E-state index >= 15 is 0 Å². The lowest BCUT2D eigenvalue weighted by atomic mass is 10.1. The topological polar surface area (TPSA) is 44.4 Å². The van der Waals surface area contributed by atoms with E-state index in [9.17, 15) is 4.79 Å². The third kappa shape index (κ3) is 5.11. The zero-order valence-corrected chi connectivity index (χ0v) is 14.7. The van der Waals surface area contributed by atoms with Crippen LogP contribution in [0.15, 0.2) is 54.7 Å². The Bertz CT molecular complexity index is 714. The van der Waals surface area contributed by atoms with Gasteiger partial charge in [0.1, 0.15) is 0 Å². The minimum atomic E-state index is -0.242. The van der Waals surface area contributed by atoms with Crippen molar-refractivity contribution >= 4 is 23.5 Å². The molecule has 1 saturated heterocycles. The van der Waals surface area contributed by atoms with E-state index in [0.29, 0.717) is 0 Å². The van der Waals surface area contributed by atoms with E-state index in [-0.39, 0.29) is 6.03 Å². The Morgan fingerprint density at radius 1 is 0.960 bits per heavy atom. The van der Waals surface area contributed by atoms with Gasteiger partial charge < -0.3 is 15.5 Å². The molecule has 1 heterocycles. The van der Waals surface area contributed by atoms with Gasteiger partial charge in [0.2, 0.25) is 0 Å². The Kier molecular flexibility index (Phi) is 5.73. The van der Waals surface area contributed by atoms with Crippen molar-refractivity contribution in [3.63, 3.8) is 0 Å². The minimum absolute atomic E-state index is 0.242. The maximum atomic E-state index is 12.0. The lowest BCUT2D eigenvalue weighted by Crippen LogP contribution is -2.29. The third-order valence-electron chi connectivity index (χ3n) is 4.41. The molecule has 0 aliphatic carbocycles. The van der Waals surface area contributed by atoms with Gasteiger partial charge in [-0.3, -0.25) is 0 Å². The highest BCUT2D eigenvalue weighted by atomic mass is 16.2. The van der Waals surface area contributed by atoms with E-state index in [1.807, 2.05) is 42.5 Å². The summed E-state index contributed by atoms with van der Waals surface area (Å²) >= 11 is 0. The van der Waals surface area contributed by atoms with Gasteiger partial charge in [-0.1, -0.05) is 29.8 Å². The van der Waals surface area contributed by atoms with Crippen molar-refractivity contribution < 1.29 is 4.79 Å². The Morgan fingerprint density at radius 2 is 1.64 bits per heavy atom. The average Bonchev–Trinajstić information content (AvgIpc) is 2.65. The first-order valence-corrected chi connectivity index (χ1v) is 8.86. The zero-order chi connectivity index (χ0) is 17.5. The van der Waals surface area contributed by atoms with Gasteiger partial charge in [-0.15, -0.1) is 0 Å². The van der Waals surface area contributed by atoms with Crippen LogP contribution in [-0.2, 0) is 0 Å². The summed E-state index contributed by atoms with van der Waals surface area (Å²) in [4.78, 5) is 14.4. The quantitative estimate of drug-likeness (QED) is 0.844. The number of amides is 2. The van der Waals surface area contributed by atoms with Gasteiger partial charge in [-0.05, 0) is 62.1 Å². The SMILES string of the molecule is Cc1ccc(/C=C/NC(=O)Nc2ccc(N3CCCCC3)cc2)cc1. The van der Waals surface area contributed by atoms with Crippen molar-refractivity contribution in [3.05, 3.63) is 65.9 Å². The van der Waals surface area contributed by atoms with Crippen LogP contribution in [0.5, 0.6) is 0 Å². The second-order valence-corrected chi connectivity index (χ2v) is 6.44. The summed E-state index contributed by atoms with van der Waals surface area (Å²) in [7, 11) is 0. The molecule has 0 spiro atoms. The molecule has 130 valence electrons. The molecule has 0 saturated carbocycles. The third-order valence-corrected chi connectivity index (χ3v) is 4.41. The number of rotatable bonds is 4. The number of carbonyl (C=O) groups excluding carboxylic acids is 1. The molecule has 0 atom stereocenters. The van der Waals surface area contributed by atoms with Gasteiger partial charge in [0.25, 0.3) is 0 Å². The number of nitrogens with zero attached hydrogens (tertiary/aromatic N) is 1. The monoisotopic (exact) mass is 335 g/mol. The summed E-state index contributed by atoms with van der Waals surface area (Å²) in [6.45, 7) is 4.30. The zero-order valence-electron chi connectivity index (χ0n) is 14.7. The summed E-state index contributed by atoms with van der Waals surface area (Å²) in [6.07, 6.45) is 7.37. The molecule has 3 rings (SSSR count). The lowest BCUT2D eigenvalue weighted by Gasteiger charge is -2.28. The van der Waals surface area contributed by atoms with E-state index in [4.69, 9.17) is 0 Å². The van der Waals surface area contributed by atoms with Crippen molar-refractivity contribution in [1.82, 2.24) is 5.32 Å². The molecule has 0 radical (unpaired) electrons. The van der Waals surface area contributed by atoms with Crippen LogP contribution in [0.1, 0.15) is 30.4 Å². The molecule has 25 heavy (non-hydrogen) atoms. The van der Waals surface area contributed by atoms with Crippen molar-refractivity contribution in [3.8, 4) is 0 Å². The second-order valence-electron chi connectivity index (χ2n) is 6.44. The highest BCUT2D eigenvalue weighted by Crippen LogP contribution is 2.21. The summed E-state index contributed by atoms with van der Waals surface area (Å²) in [5, 5.41) is 5.58. The van der Waals surface area contributed by atoms with Crippen LogP contribution in [0.3, 0.4) is 0 Å². The Labute approximate surface area is 149 Å². The van der Waals surface area contributed by atoms with Gasteiger partial charge in [0.05, 0.1) is 0 Å². The summed E-state index contributed by atoms with van der Waals surface area (Å²) in [5.41, 5.74) is 4.29. The maximum Gasteiger partial charge on any atom is 0.323 e. The van der Waals surface area contributed by atoms with Gasteiger partial charge in [0, 0.05) is 30.7 Å². The van der Waals surface area contributed by atoms with Gasteiger partial charge in [0.15, 0.2) is 0 Å². The molecule has 2 amide bonds. The average molecular weight is 335 g/mol. The maximum absolute atomic E-state index is 12.0. The molecule has 0 aromatic heterocycles. The van der Waals surface area contributed by atoms with E-state index < -0.39 is 0 Å². The fraction of sp³-hybridized carbons (Fsp3) is 0.286. The Balaban J connectivity index is 1.49.